The van der Waals surface area contributed by atoms with Gasteiger partial charge < -0.3 is 15.2 Å². The number of hydrogen-bond acceptors (Lipinski definition) is 2. The van der Waals surface area contributed by atoms with Gasteiger partial charge in [-0.1, -0.05) is 18.2 Å². The van der Waals surface area contributed by atoms with Gasteiger partial charge in [0.25, 0.3) is 0 Å². The molecule has 1 heterocycles. The summed E-state index contributed by atoms with van der Waals surface area (Å²) in [5.74, 6) is 0.483. The van der Waals surface area contributed by atoms with Crippen LogP contribution in [0.25, 0.3) is 0 Å². The van der Waals surface area contributed by atoms with Gasteiger partial charge in [0, 0.05) is 38.9 Å². The zero-order valence-corrected chi connectivity index (χ0v) is 14.8. The van der Waals surface area contributed by atoms with Crippen LogP contribution in [0, 0.1) is 12.7 Å². The van der Waals surface area contributed by atoms with E-state index in [-0.39, 0.29) is 11.4 Å². The largest absolute Gasteiger partial charge is 0.356 e. The SMILES string of the molecule is CN=C(NCCCCn1ccccc1=O)NCc1ccc(C)c(F)c1. The average Bonchev–Trinajstić information content (AvgIpc) is 2.61. The van der Waals surface area contributed by atoms with E-state index < -0.39 is 0 Å². The first-order valence-corrected chi connectivity index (χ1v) is 8.45. The Kier molecular flexibility index (Phi) is 7.19. The molecule has 0 saturated heterocycles. The summed E-state index contributed by atoms with van der Waals surface area (Å²) in [7, 11) is 1.70. The lowest BCUT2D eigenvalue weighted by Gasteiger charge is -2.12. The van der Waals surface area contributed by atoms with E-state index in [0.717, 1.165) is 24.9 Å². The van der Waals surface area contributed by atoms with Crippen LogP contribution >= 0.6 is 0 Å². The quantitative estimate of drug-likeness (QED) is 0.461. The summed E-state index contributed by atoms with van der Waals surface area (Å²) in [5, 5.41) is 6.39. The Morgan fingerprint density at radius 3 is 2.76 bits per heavy atom. The van der Waals surface area contributed by atoms with Crippen molar-refractivity contribution in [3.05, 3.63) is 69.9 Å². The van der Waals surface area contributed by atoms with Crippen molar-refractivity contribution in [1.29, 1.82) is 0 Å². The Morgan fingerprint density at radius 2 is 2.04 bits per heavy atom. The predicted octanol–water partition coefficient (Wildman–Crippen LogP) is 2.44. The minimum atomic E-state index is -0.196. The first-order valence-electron chi connectivity index (χ1n) is 8.45. The monoisotopic (exact) mass is 344 g/mol. The number of hydrogen-bond donors (Lipinski definition) is 2. The first kappa shape index (κ1) is 18.7. The highest BCUT2D eigenvalue weighted by atomic mass is 19.1. The van der Waals surface area contributed by atoms with Crippen molar-refractivity contribution < 1.29 is 4.39 Å². The van der Waals surface area contributed by atoms with Gasteiger partial charge in [-0.15, -0.1) is 0 Å². The van der Waals surface area contributed by atoms with Crippen LogP contribution in [0.5, 0.6) is 0 Å². The molecule has 1 aromatic heterocycles. The number of unbranched alkanes of at least 4 members (excludes halogenated alkanes) is 1. The van der Waals surface area contributed by atoms with Gasteiger partial charge in [-0.3, -0.25) is 9.79 Å². The lowest BCUT2D eigenvalue weighted by atomic mass is 10.1. The van der Waals surface area contributed by atoms with Crippen molar-refractivity contribution in [2.75, 3.05) is 13.6 Å². The average molecular weight is 344 g/mol. The summed E-state index contributed by atoms with van der Waals surface area (Å²) < 4.78 is 15.3. The van der Waals surface area contributed by atoms with E-state index in [0.29, 0.717) is 24.6 Å². The standard InChI is InChI=1S/C19H25FN4O/c1-15-8-9-16(13-17(15)20)14-23-19(21-2)22-10-4-6-12-24-11-5-3-7-18(24)25/h3,5,7-9,11,13H,4,6,10,12,14H2,1-2H3,(H2,21,22,23). The van der Waals surface area contributed by atoms with Crippen molar-refractivity contribution in [2.24, 2.45) is 4.99 Å². The van der Waals surface area contributed by atoms with Crippen LogP contribution in [0.1, 0.15) is 24.0 Å². The Bertz CT molecular complexity index is 770. The van der Waals surface area contributed by atoms with Gasteiger partial charge in [-0.2, -0.15) is 0 Å². The molecule has 2 aromatic rings. The summed E-state index contributed by atoms with van der Waals surface area (Å²) in [4.78, 5) is 15.8. The third-order valence-electron chi connectivity index (χ3n) is 3.94. The Hall–Kier alpha value is -2.63. The Labute approximate surface area is 147 Å². The molecule has 6 heteroatoms. The van der Waals surface area contributed by atoms with Gasteiger partial charge in [0.05, 0.1) is 0 Å². The number of pyridine rings is 1. The number of rotatable bonds is 7. The number of nitrogens with one attached hydrogen (secondary N) is 2. The second kappa shape index (κ2) is 9.61. The minimum Gasteiger partial charge on any atom is -0.356 e. The Balaban J connectivity index is 1.69. The van der Waals surface area contributed by atoms with E-state index in [4.69, 9.17) is 0 Å². The molecule has 0 aliphatic carbocycles. The summed E-state index contributed by atoms with van der Waals surface area (Å²) >= 11 is 0. The molecule has 0 amide bonds. The molecule has 1 aromatic carbocycles. The van der Waals surface area contributed by atoms with Gasteiger partial charge >= 0.3 is 0 Å². The maximum atomic E-state index is 13.5. The maximum absolute atomic E-state index is 13.5. The lowest BCUT2D eigenvalue weighted by molar-refractivity contribution is 0.585. The molecular weight excluding hydrogens is 319 g/mol. The highest BCUT2D eigenvalue weighted by Crippen LogP contribution is 2.08. The molecule has 0 saturated carbocycles. The third kappa shape index (κ3) is 6.06. The molecule has 25 heavy (non-hydrogen) atoms. The second-order valence-corrected chi connectivity index (χ2v) is 5.88. The summed E-state index contributed by atoms with van der Waals surface area (Å²) in [5.41, 5.74) is 1.54. The molecule has 0 fully saturated rings. The summed E-state index contributed by atoms with van der Waals surface area (Å²) in [6.45, 7) is 3.71. The summed E-state index contributed by atoms with van der Waals surface area (Å²) in [6, 6.07) is 10.4. The normalized spacial score (nSPS) is 11.4. The topological polar surface area (TPSA) is 58.4 Å². The van der Waals surface area contributed by atoms with Crippen LogP contribution in [-0.4, -0.2) is 24.1 Å². The molecule has 0 atom stereocenters. The van der Waals surface area contributed by atoms with Gasteiger partial charge in [0.15, 0.2) is 5.96 Å². The van der Waals surface area contributed by atoms with Crippen molar-refractivity contribution in [2.45, 2.75) is 32.9 Å². The molecular formula is C19H25FN4O. The zero-order chi connectivity index (χ0) is 18.1. The minimum absolute atomic E-state index is 0.0262. The number of aromatic nitrogens is 1. The fourth-order valence-corrected chi connectivity index (χ4v) is 2.41. The zero-order valence-electron chi connectivity index (χ0n) is 14.8. The van der Waals surface area contributed by atoms with Gasteiger partial charge in [-0.25, -0.2) is 4.39 Å². The third-order valence-corrected chi connectivity index (χ3v) is 3.94. The van der Waals surface area contributed by atoms with E-state index >= 15 is 0 Å². The molecule has 5 nitrogen and oxygen atoms in total. The lowest BCUT2D eigenvalue weighted by Crippen LogP contribution is -2.37. The van der Waals surface area contributed by atoms with Gasteiger partial charge in [0.1, 0.15) is 5.82 Å². The first-order chi connectivity index (χ1) is 12.1. The van der Waals surface area contributed by atoms with Crippen molar-refractivity contribution in [3.8, 4) is 0 Å². The molecule has 0 bridgehead atoms. The molecule has 0 spiro atoms. The van der Waals surface area contributed by atoms with Gasteiger partial charge in [0.2, 0.25) is 5.56 Å². The van der Waals surface area contributed by atoms with Crippen molar-refractivity contribution in [1.82, 2.24) is 15.2 Å². The van der Waals surface area contributed by atoms with Crippen LogP contribution in [0.15, 0.2) is 52.4 Å². The smallest absolute Gasteiger partial charge is 0.250 e. The summed E-state index contributed by atoms with van der Waals surface area (Å²) in [6.07, 6.45) is 3.62. The van der Waals surface area contributed by atoms with E-state index in [1.54, 1.807) is 42.9 Å². The predicted molar refractivity (Wildman–Crippen MR) is 99.3 cm³/mol. The van der Waals surface area contributed by atoms with Crippen LogP contribution in [-0.2, 0) is 13.1 Å². The van der Waals surface area contributed by atoms with Crippen LogP contribution < -0.4 is 16.2 Å². The van der Waals surface area contributed by atoms with E-state index in [2.05, 4.69) is 15.6 Å². The molecule has 0 aliphatic rings. The molecule has 0 unspecified atom stereocenters. The van der Waals surface area contributed by atoms with E-state index in [1.807, 2.05) is 12.1 Å². The molecule has 2 rings (SSSR count). The van der Waals surface area contributed by atoms with E-state index in [1.165, 1.54) is 6.07 Å². The number of halogens is 1. The van der Waals surface area contributed by atoms with Crippen molar-refractivity contribution >= 4 is 5.96 Å². The fraction of sp³-hybridized carbons (Fsp3) is 0.368. The van der Waals surface area contributed by atoms with Crippen LogP contribution in [0.2, 0.25) is 0 Å². The Morgan fingerprint density at radius 1 is 1.20 bits per heavy atom. The number of guanidine groups is 1. The number of nitrogens with zero attached hydrogens (tertiary/aromatic N) is 2. The van der Waals surface area contributed by atoms with Crippen LogP contribution in [0.4, 0.5) is 4.39 Å². The highest BCUT2D eigenvalue weighted by Gasteiger charge is 2.02. The number of benzene rings is 1. The molecule has 0 aliphatic heterocycles. The van der Waals surface area contributed by atoms with E-state index in [9.17, 15) is 9.18 Å². The van der Waals surface area contributed by atoms with Crippen molar-refractivity contribution in [3.63, 3.8) is 0 Å². The number of aliphatic imine (C=N–C) groups is 1. The second-order valence-electron chi connectivity index (χ2n) is 5.88. The maximum Gasteiger partial charge on any atom is 0.250 e. The van der Waals surface area contributed by atoms with Crippen LogP contribution in [0.3, 0.4) is 0 Å². The number of aryl methyl sites for hydroxylation is 2. The molecule has 2 N–H and O–H groups in total. The molecule has 134 valence electrons. The molecule has 0 radical (unpaired) electrons. The van der Waals surface area contributed by atoms with Gasteiger partial charge in [-0.05, 0) is 43.0 Å². The highest BCUT2D eigenvalue weighted by molar-refractivity contribution is 5.79. The fourth-order valence-electron chi connectivity index (χ4n) is 2.41.